The fraction of sp³-hybridized carbons (Fsp3) is 0.727. The Morgan fingerprint density at radius 1 is 1.26 bits per heavy atom. The molecule has 0 radical (unpaired) electrons. The number of rotatable bonds is 7. The van der Waals surface area contributed by atoms with Gasteiger partial charge in [0, 0.05) is 20.6 Å². The summed E-state index contributed by atoms with van der Waals surface area (Å²) >= 11 is 0. The number of anilines is 3. The molecule has 0 fully saturated rings. The number of nitrogens with one attached hydrogen (secondary N) is 2. The van der Waals surface area contributed by atoms with Crippen LogP contribution in [0.25, 0.3) is 0 Å². The van der Waals surface area contributed by atoms with Gasteiger partial charge < -0.3 is 15.3 Å². The van der Waals surface area contributed by atoms with Crippen molar-refractivity contribution in [1.82, 2.24) is 15.0 Å². The molecule has 19 heavy (non-hydrogen) atoms. The van der Waals surface area contributed by atoms with Crippen molar-refractivity contribution in [3.63, 3.8) is 0 Å². The molecule has 1 aromatic rings. The summed E-state index contributed by atoms with van der Waals surface area (Å²) in [6.07, 6.45) is 1.61. The number of hydrogen-bond donors (Lipinski definition) is 4. The highest BCUT2D eigenvalue weighted by Crippen LogP contribution is 2.14. The van der Waals surface area contributed by atoms with E-state index in [0.717, 1.165) is 6.42 Å². The zero-order valence-corrected chi connectivity index (χ0v) is 11.9. The first-order valence-corrected chi connectivity index (χ1v) is 6.24. The second-order valence-corrected chi connectivity index (χ2v) is 4.92. The lowest BCUT2D eigenvalue weighted by molar-refractivity contribution is 0.0635. The quantitative estimate of drug-likeness (QED) is 0.410. The van der Waals surface area contributed by atoms with Gasteiger partial charge in [-0.2, -0.15) is 15.0 Å². The molecule has 0 aliphatic carbocycles. The third-order valence-corrected chi connectivity index (χ3v) is 2.57. The van der Waals surface area contributed by atoms with Crippen LogP contribution in [0.1, 0.15) is 26.7 Å². The van der Waals surface area contributed by atoms with E-state index in [1.165, 1.54) is 0 Å². The molecule has 8 nitrogen and oxygen atoms in total. The van der Waals surface area contributed by atoms with Gasteiger partial charge in [0.1, 0.15) is 0 Å². The Labute approximate surface area is 113 Å². The van der Waals surface area contributed by atoms with E-state index < -0.39 is 5.60 Å². The van der Waals surface area contributed by atoms with E-state index in [0.29, 0.717) is 24.9 Å². The van der Waals surface area contributed by atoms with Crippen LogP contribution in [0, 0.1) is 0 Å². The molecule has 0 aromatic carbocycles. The summed E-state index contributed by atoms with van der Waals surface area (Å²) in [5, 5.41) is 13.1. The van der Waals surface area contributed by atoms with Crippen LogP contribution < -0.4 is 21.5 Å². The number of nitrogens with two attached hydrogens (primary N) is 1. The Kier molecular flexibility index (Phi) is 5.25. The molecule has 8 heteroatoms. The van der Waals surface area contributed by atoms with Crippen molar-refractivity contribution in [1.29, 1.82) is 0 Å². The fourth-order valence-electron chi connectivity index (χ4n) is 1.60. The first-order chi connectivity index (χ1) is 8.88. The third-order valence-electron chi connectivity index (χ3n) is 2.57. The molecule has 0 saturated carbocycles. The normalized spacial score (nSPS) is 13.8. The van der Waals surface area contributed by atoms with Crippen LogP contribution in [0.15, 0.2) is 0 Å². The molecule has 0 saturated heterocycles. The van der Waals surface area contributed by atoms with Gasteiger partial charge in [0.15, 0.2) is 0 Å². The zero-order valence-electron chi connectivity index (χ0n) is 11.9. The van der Waals surface area contributed by atoms with E-state index in [9.17, 15) is 5.11 Å². The van der Waals surface area contributed by atoms with Gasteiger partial charge in [0.25, 0.3) is 0 Å². The lowest BCUT2D eigenvalue weighted by Gasteiger charge is -2.23. The summed E-state index contributed by atoms with van der Waals surface area (Å²) in [5.41, 5.74) is 1.60. The molecular weight excluding hydrogens is 246 g/mol. The van der Waals surface area contributed by atoms with Gasteiger partial charge >= 0.3 is 0 Å². The maximum Gasteiger partial charge on any atom is 0.243 e. The van der Waals surface area contributed by atoms with E-state index in [-0.39, 0.29) is 5.95 Å². The van der Waals surface area contributed by atoms with Gasteiger partial charge in [-0.1, -0.05) is 13.3 Å². The molecule has 0 aliphatic rings. The molecule has 1 atom stereocenters. The predicted octanol–water partition coefficient (Wildman–Crippen LogP) is 0.186. The van der Waals surface area contributed by atoms with E-state index in [4.69, 9.17) is 5.84 Å². The predicted molar refractivity (Wildman–Crippen MR) is 76.0 cm³/mol. The highest BCUT2D eigenvalue weighted by atomic mass is 16.3. The van der Waals surface area contributed by atoms with Gasteiger partial charge in [-0.15, -0.1) is 0 Å². The van der Waals surface area contributed by atoms with Crippen molar-refractivity contribution >= 4 is 17.8 Å². The summed E-state index contributed by atoms with van der Waals surface area (Å²) in [7, 11) is 3.65. The summed E-state index contributed by atoms with van der Waals surface area (Å²) in [4.78, 5) is 14.2. The maximum atomic E-state index is 10.1. The summed E-state index contributed by atoms with van der Waals surface area (Å²) in [5.74, 6) is 6.46. The van der Waals surface area contributed by atoms with Crippen LogP contribution in [0.3, 0.4) is 0 Å². The van der Waals surface area contributed by atoms with Crippen LogP contribution in [0.5, 0.6) is 0 Å². The SMILES string of the molecule is CCCC(C)(O)CNc1nc(NN)nc(N(C)C)n1. The second kappa shape index (κ2) is 6.48. The lowest BCUT2D eigenvalue weighted by atomic mass is 10.0. The number of hydrogen-bond acceptors (Lipinski definition) is 8. The van der Waals surface area contributed by atoms with Crippen molar-refractivity contribution in [3.8, 4) is 0 Å². The highest BCUT2D eigenvalue weighted by Gasteiger charge is 2.19. The summed E-state index contributed by atoms with van der Waals surface area (Å²) < 4.78 is 0. The molecule has 0 amide bonds. The van der Waals surface area contributed by atoms with Gasteiger partial charge in [-0.25, -0.2) is 5.84 Å². The number of nitrogen functional groups attached to an aromatic ring is 1. The minimum Gasteiger partial charge on any atom is -0.388 e. The standard InChI is InChI=1S/C11H23N7O/c1-5-6-11(2,19)7-13-8-14-9(17-12)16-10(15-8)18(3)4/h19H,5-7,12H2,1-4H3,(H2,13,14,15,16,17). The van der Waals surface area contributed by atoms with Crippen LogP contribution in [-0.4, -0.2) is 46.3 Å². The highest BCUT2D eigenvalue weighted by molar-refractivity contribution is 5.42. The van der Waals surface area contributed by atoms with Crippen molar-refractivity contribution in [2.24, 2.45) is 5.84 Å². The van der Waals surface area contributed by atoms with Gasteiger partial charge in [-0.3, -0.25) is 5.43 Å². The van der Waals surface area contributed by atoms with E-state index in [1.54, 1.807) is 11.8 Å². The average Bonchev–Trinajstić information content (AvgIpc) is 2.36. The molecule has 1 rings (SSSR count). The Hall–Kier alpha value is -1.67. The smallest absolute Gasteiger partial charge is 0.243 e. The first kappa shape index (κ1) is 15.4. The van der Waals surface area contributed by atoms with Crippen LogP contribution >= 0.6 is 0 Å². The van der Waals surface area contributed by atoms with E-state index in [2.05, 4.69) is 25.7 Å². The molecule has 1 aromatic heterocycles. The molecule has 1 heterocycles. The Balaban J connectivity index is 2.80. The van der Waals surface area contributed by atoms with Gasteiger partial charge in [0.2, 0.25) is 17.8 Å². The fourth-order valence-corrected chi connectivity index (χ4v) is 1.60. The second-order valence-electron chi connectivity index (χ2n) is 4.92. The third kappa shape index (κ3) is 4.84. The zero-order chi connectivity index (χ0) is 14.5. The molecular formula is C11H23N7O. The Morgan fingerprint density at radius 3 is 2.42 bits per heavy atom. The van der Waals surface area contributed by atoms with Crippen molar-refractivity contribution in [2.75, 3.05) is 36.3 Å². The van der Waals surface area contributed by atoms with Crippen molar-refractivity contribution < 1.29 is 5.11 Å². The van der Waals surface area contributed by atoms with E-state index in [1.807, 2.05) is 21.0 Å². The molecule has 0 bridgehead atoms. The number of nitrogens with zero attached hydrogens (tertiary/aromatic N) is 4. The van der Waals surface area contributed by atoms with Gasteiger partial charge in [-0.05, 0) is 13.3 Å². The lowest BCUT2D eigenvalue weighted by Crippen LogP contribution is -2.34. The Bertz CT molecular complexity index is 408. The molecule has 0 spiro atoms. The minimum atomic E-state index is -0.796. The molecule has 1 unspecified atom stereocenters. The molecule has 0 aliphatic heterocycles. The van der Waals surface area contributed by atoms with Crippen LogP contribution in [-0.2, 0) is 0 Å². The summed E-state index contributed by atoms with van der Waals surface area (Å²) in [6, 6.07) is 0. The van der Waals surface area contributed by atoms with Crippen molar-refractivity contribution in [2.45, 2.75) is 32.3 Å². The van der Waals surface area contributed by atoms with Crippen LogP contribution in [0.4, 0.5) is 17.8 Å². The molecule has 5 N–H and O–H groups in total. The van der Waals surface area contributed by atoms with E-state index >= 15 is 0 Å². The average molecular weight is 269 g/mol. The number of aromatic nitrogens is 3. The minimum absolute atomic E-state index is 0.274. The first-order valence-electron chi connectivity index (χ1n) is 6.24. The Morgan fingerprint density at radius 2 is 1.89 bits per heavy atom. The summed E-state index contributed by atoms with van der Waals surface area (Å²) in [6.45, 7) is 4.17. The number of aliphatic hydroxyl groups is 1. The topological polar surface area (TPSA) is 112 Å². The van der Waals surface area contributed by atoms with Crippen LogP contribution in [0.2, 0.25) is 0 Å². The maximum absolute atomic E-state index is 10.1. The number of hydrazine groups is 1. The monoisotopic (exact) mass is 269 g/mol. The van der Waals surface area contributed by atoms with Crippen molar-refractivity contribution in [3.05, 3.63) is 0 Å². The largest absolute Gasteiger partial charge is 0.388 e. The molecule has 108 valence electrons. The van der Waals surface area contributed by atoms with Gasteiger partial charge in [0.05, 0.1) is 5.60 Å².